The van der Waals surface area contributed by atoms with Gasteiger partial charge in [-0.05, 0) is 30.2 Å². The Morgan fingerprint density at radius 3 is 2.75 bits per heavy atom. The van der Waals surface area contributed by atoms with Gasteiger partial charge in [0.25, 0.3) is 0 Å². The van der Waals surface area contributed by atoms with Gasteiger partial charge >= 0.3 is 5.97 Å². The second-order valence-corrected chi connectivity index (χ2v) is 3.88. The molecule has 0 spiro atoms. The lowest BCUT2D eigenvalue weighted by molar-refractivity contribution is 0.0687. The largest absolute Gasteiger partial charge is 0.477 e. The molecule has 0 fully saturated rings. The van der Waals surface area contributed by atoms with Crippen LogP contribution in [-0.2, 0) is 13.6 Å². The molecule has 84 valence electrons. The van der Waals surface area contributed by atoms with E-state index in [4.69, 9.17) is 10.8 Å². The second kappa shape index (κ2) is 3.64. The molecule has 16 heavy (non-hydrogen) atoms. The molecule has 4 nitrogen and oxygen atoms in total. The Hall–Kier alpha value is -1.81. The van der Waals surface area contributed by atoms with Crippen LogP contribution in [-0.4, -0.2) is 15.6 Å². The summed E-state index contributed by atoms with van der Waals surface area (Å²) in [5.74, 6) is -0.910. The highest BCUT2D eigenvalue weighted by Crippen LogP contribution is 2.24. The molecular formula is C12H14N2O2. The first-order valence-corrected chi connectivity index (χ1v) is 5.07. The molecule has 0 atom stereocenters. The monoisotopic (exact) mass is 218 g/mol. The van der Waals surface area contributed by atoms with E-state index in [9.17, 15) is 4.79 Å². The SMILES string of the molecule is Cc1c(CN)ccc2c1cc(C(=O)O)n2C. The molecule has 0 amide bonds. The summed E-state index contributed by atoms with van der Waals surface area (Å²) in [6, 6.07) is 5.56. The third-order valence-corrected chi connectivity index (χ3v) is 3.05. The number of carbonyl (C=O) groups is 1. The van der Waals surface area contributed by atoms with E-state index < -0.39 is 5.97 Å². The average molecular weight is 218 g/mol. The summed E-state index contributed by atoms with van der Waals surface area (Å²) in [6.07, 6.45) is 0. The van der Waals surface area contributed by atoms with Crippen LogP contribution in [0.25, 0.3) is 10.9 Å². The first kappa shape index (κ1) is 10.7. The van der Waals surface area contributed by atoms with Gasteiger partial charge < -0.3 is 15.4 Å². The van der Waals surface area contributed by atoms with Crippen LogP contribution in [0.3, 0.4) is 0 Å². The van der Waals surface area contributed by atoms with Crippen molar-refractivity contribution in [1.82, 2.24) is 4.57 Å². The molecule has 0 unspecified atom stereocenters. The fraction of sp³-hybridized carbons (Fsp3) is 0.250. The number of nitrogens with two attached hydrogens (primary N) is 1. The van der Waals surface area contributed by atoms with Crippen LogP contribution >= 0.6 is 0 Å². The van der Waals surface area contributed by atoms with Crippen LogP contribution in [0.4, 0.5) is 0 Å². The van der Waals surface area contributed by atoms with Gasteiger partial charge in [-0.3, -0.25) is 0 Å². The predicted molar refractivity (Wildman–Crippen MR) is 62.5 cm³/mol. The lowest BCUT2D eigenvalue weighted by Crippen LogP contribution is -2.03. The molecule has 1 aromatic carbocycles. The first-order chi connectivity index (χ1) is 7.56. The zero-order valence-electron chi connectivity index (χ0n) is 9.32. The maximum Gasteiger partial charge on any atom is 0.352 e. The van der Waals surface area contributed by atoms with Gasteiger partial charge in [-0.2, -0.15) is 0 Å². The van der Waals surface area contributed by atoms with Gasteiger partial charge in [0, 0.05) is 24.5 Å². The number of aryl methyl sites for hydroxylation is 2. The summed E-state index contributed by atoms with van der Waals surface area (Å²) in [7, 11) is 1.76. The first-order valence-electron chi connectivity index (χ1n) is 5.07. The van der Waals surface area contributed by atoms with Gasteiger partial charge in [-0.25, -0.2) is 4.79 Å². The smallest absolute Gasteiger partial charge is 0.352 e. The van der Waals surface area contributed by atoms with E-state index >= 15 is 0 Å². The third kappa shape index (κ3) is 1.39. The minimum atomic E-state index is -0.910. The van der Waals surface area contributed by atoms with Gasteiger partial charge in [0.15, 0.2) is 0 Å². The number of hydrogen-bond acceptors (Lipinski definition) is 2. The summed E-state index contributed by atoms with van der Waals surface area (Å²) in [5, 5.41) is 10.00. The van der Waals surface area contributed by atoms with Crippen LogP contribution < -0.4 is 5.73 Å². The summed E-state index contributed by atoms with van der Waals surface area (Å²) in [4.78, 5) is 11.0. The molecular weight excluding hydrogens is 204 g/mol. The van der Waals surface area contributed by atoms with Crippen molar-refractivity contribution in [2.45, 2.75) is 13.5 Å². The van der Waals surface area contributed by atoms with Crippen LogP contribution in [0.1, 0.15) is 21.6 Å². The quantitative estimate of drug-likeness (QED) is 0.805. The number of hydrogen-bond donors (Lipinski definition) is 2. The molecule has 2 aromatic rings. The molecule has 2 rings (SSSR count). The molecule has 0 saturated carbocycles. The van der Waals surface area contributed by atoms with Gasteiger partial charge in [-0.15, -0.1) is 0 Å². The topological polar surface area (TPSA) is 68.2 Å². The number of fused-ring (bicyclic) bond motifs is 1. The molecule has 1 aromatic heterocycles. The van der Waals surface area contributed by atoms with Crippen molar-refractivity contribution < 1.29 is 9.90 Å². The standard InChI is InChI=1S/C12H14N2O2/c1-7-8(6-13)3-4-10-9(7)5-11(12(15)16)14(10)2/h3-5H,6,13H2,1-2H3,(H,15,16). The summed E-state index contributed by atoms with van der Waals surface area (Å²) >= 11 is 0. The van der Waals surface area contributed by atoms with E-state index in [1.807, 2.05) is 19.1 Å². The normalized spacial score (nSPS) is 10.9. The highest BCUT2D eigenvalue weighted by atomic mass is 16.4. The third-order valence-electron chi connectivity index (χ3n) is 3.05. The van der Waals surface area contributed by atoms with Crippen molar-refractivity contribution in [3.05, 3.63) is 35.0 Å². The van der Waals surface area contributed by atoms with Crippen LogP contribution in [0.2, 0.25) is 0 Å². The van der Waals surface area contributed by atoms with Crippen molar-refractivity contribution in [2.24, 2.45) is 12.8 Å². The molecule has 0 aliphatic rings. The van der Waals surface area contributed by atoms with Crippen molar-refractivity contribution in [3.8, 4) is 0 Å². The van der Waals surface area contributed by atoms with E-state index in [1.54, 1.807) is 17.7 Å². The lowest BCUT2D eigenvalue weighted by Gasteiger charge is -2.05. The average Bonchev–Trinajstić information content (AvgIpc) is 2.58. The summed E-state index contributed by atoms with van der Waals surface area (Å²) < 4.78 is 1.69. The molecule has 3 N–H and O–H groups in total. The zero-order valence-corrected chi connectivity index (χ0v) is 9.32. The number of rotatable bonds is 2. The number of carboxylic acid groups (broad SMARTS) is 1. The predicted octanol–water partition coefficient (Wildman–Crippen LogP) is 1.64. The van der Waals surface area contributed by atoms with E-state index in [2.05, 4.69) is 0 Å². The van der Waals surface area contributed by atoms with E-state index in [0.29, 0.717) is 12.2 Å². The minimum Gasteiger partial charge on any atom is -0.477 e. The Balaban J connectivity index is 2.81. The number of nitrogens with zero attached hydrogens (tertiary/aromatic N) is 1. The maximum atomic E-state index is 11.0. The van der Waals surface area contributed by atoms with Crippen molar-refractivity contribution in [2.75, 3.05) is 0 Å². The number of aromatic carboxylic acids is 1. The number of benzene rings is 1. The Kier molecular flexibility index (Phi) is 2.44. The number of carboxylic acids is 1. The van der Waals surface area contributed by atoms with Gasteiger partial charge in [-0.1, -0.05) is 6.07 Å². The highest BCUT2D eigenvalue weighted by Gasteiger charge is 2.13. The molecule has 4 heteroatoms. The highest BCUT2D eigenvalue weighted by molar-refractivity contribution is 5.96. The Bertz CT molecular complexity index is 570. The molecule has 0 aliphatic heterocycles. The number of aromatic nitrogens is 1. The summed E-state index contributed by atoms with van der Waals surface area (Å²) in [6.45, 7) is 2.44. The van der Waals surface area contributed by atoms with Crippen LogP contribution in [0.15, 0.2) is 18.2 Å². The molecule has 0 radical (unpaired) electrons. The Labute approximate surface area is 93.3 Å². The minimum absolute atomic E-state index is 0.298. The van der Waals surface area contributed by atoms with Gasteiger partial charge in [0.1, 0.15) is 5.69 Å². The van der Waals surface area contributed by atoms with E-state index in [1.165, 1.54) is 0 Å². The van der Waals surface area contributed by atoms with Gasteiger partial charge in [0.05, 0.1) is 0 Å². The summed E-state index contributed by atoms with van der Waals surface area (Å²) in [5.41, 5.74) is 8.95. The maximum absolute atomic E-state index is 11.0. The molecule has 0 aliphatic carbocycles. The van der Waals surface area contributed by atoms with Crippen molar-refractivity contribution in [1.29, 1.82) is 0 Å². The zero-order chi connectivity index (χ0) is 11.9. The molecule has 0 saturated heterocycles. The van der Waals surface area contributed by atoms with Gasteiger partial charge in [0.2, 0.25) is 0 Å². The van der Waals surface area contributed by atoms with E-state index in [0.717, 1.165) is 22.0 Å². The molecule has 0 bridgehead atoms. The van der Waals surface area contributed by atoms with E-state index in [-0.39, 0.29) is 0 Å². The fourth-order valence-corrected chi connectivity index (χ4v) is 2.02. The molecule has 1 heterocycles. The second-order valence-electron chi connectivity index (χ2n) is 3.88. The Morgan fingerprint density at radius 2 is 2.19 bits per heavy atom. The van der Waals surface area contributed by atoms with Crippen LogP contribution in [0.5, 0.6) is 0 Å². The van der Waals surface area contributed by atoms with Crippen molar-refractivity contribution >= 4 is 16.9 Å². The van der Waals surface area contributed by atoms with Crippen molar-refractivity contribution in [3.63, 3.8) is 0 Å². The fourth-order valence-electron chi connectivity index (χ4n) is 2.02. The Morgan fingerprint density at radius 1 is 1.50 bits per heavy atom. The van der Waals surface area contributed by atoms with Crippen LogP contribution in [0, 0.1) is 6.92 Å². The lowest BCUT2D eigenvalue weighted by atomic mass is 10.0.